The van der Waals surface area contributed by atoms with Gasteiger partial charge in [0.15, 0.2) is 0 Å². The Kier molecular flexibility index (Phi) is 6.24. The van der Waals surface area contributed by atoms with Gasteiger partial charge in [0, 0.05) is 18.3 Å². The zero-order valence-corrected chi connectivity index (χ0v) is 10.6. The topological polar surface area (TPSA) is 69.6 Å². The summed E-state index contributed by atoms with van der Waals surface area (Å²) in [5.41, 5.74) is -0.786. The van der Waals surface area contributed by atoms with Crippen molar-refractivity contribution in [1.82, 2.24) is 5.32 Å². The highest BCUT2D eigenvalue weighted by molar-refractivity contribution is 7.98. The van der Waals surface area contributed by atoms with E-state index in [1.807, 2.05) is 13.2 Å². The Hall–Kier alpha value is -0.260. The summed E-state index contributed by atoms with van der Waals surface area (Å²) in [4.78, 5) is 10.7. The third-order valence-electron chi connectivity index (χ3n) is 2.40. The van der Waals surface area contributed by atoms with E-state index in [2.05, 4.69) is 5.32 Å². The van der Waals surface area contributed by atoms with Crippen LogP contribution >= 0.6 is 11.8 Å². The van der Waals surface area contributed by atoms with E-state index in [-0.39, 0.29) is 6.04 Å². The number of nitrogens with one attached hydrogen (secondary N) is 1. The second-order valence-corrected chi connectivity index (χ2v) is 5.09. The third kappa shape index (κ3) is 6.02. The van der Waals surface area contributed by atoms with Crippen molar-refractivity contribution in [3.8, 4) is 0 Å². The summed E-state index contributed by atoms with van der Waals surface area (Å²) in [5.74, 6) is -0.636. The van der Waals surface area contributed by atoms with Gasteiger partial charge in [-0.2, -0.15) is 11.8 Å². The molecule has 0 aromatic carbocycles. The molecule has 0 aliphatic heterocycles. The Morgan fingerprint density at radius 3 is 2.47 bits per heavy atom. The van der Waals surface area contributed by atoms with E-state index in [0.717, 1.165) is 0 Å². The predicted molar refractivity (Wildman–Crippen MR) is 63.3 cm³/mol. The molecule has 3 atom stereocenters. The molecule has 0 heterocycles. The molecule has 3 N–H and O–H groups in total. The van der Waals surface area contributed by atoms with Crippen molar-refractivity contribution in [2.75, 3.05) is 18.6 Å². The first-order valence-corrected chi connectivity index (χ1v) is 6.37. The van der Waals surface area contributed by atoms with Gasteiger partial charge in [0.25, 0.3) is 0 Å². The lowest BCUT2D eigenvalue weighted by Gasteiger charge is -2.26. The molecule has 0 rings (SSSR count). The van der Waals surface area contributed by atoms with Gasteiger partial charge in [0.2, 0.25) is 0 Å². The fourth-order valence-electron chi connectivity index (χ4n) is 1.13. The van der Waals surface area contributed by atoms with E-state index in [4.69, 9.17) is 5.11 Å². The van der Waals surface area contributed by atoms with Crippen LogP contribution in [-0.2, 0) is 4.79 Å². The number of carbonyl (C=O) groups is 1. The number of hydrogen-bond donors (Lipinski definition) is 3. The van der Waals surface area contributed by atoms with Gasteiger partial charge in [0.1, 0.15) is 0 Å². The SMILES string of the molecule is CSCC(C)(O)CNC(C)C(C)C(=O)O. The fraction of sp³-hybridized carbons (Fsp3) is 0.900. The van der Waals surface area contributed by atoms with Crippen molar-refractivity contribution < 1.29 is 15.0 Å². The molecule has 5 heteroatoms. The molecule has 0 fully saturated rings. The Labute approximate surface area is 95.4 Å². The van der Waals surface area contributed by atoms with Crippen molar-refractivity contribution in [3.63, 3.8) is 0 Å². The molecule has 0 spiro atoms. The number of carboxylic acid groups (broad SMARTS) is 1. The number of thioether (sulfide) groups is 1. The molecular weight excluding hydrogens is 214 g/mol. The lowest BCUT2D eigenvalue weighted by molar-refractivity contribution is -0.142. The number of rotatable bonds is 7. The number of hydrogen-bond acceptors (Lipinski definition) is 4. The van der Waals surface area contributed by atoms with Gasteiger partial charge in [-0.1, -0.05) is 6.92 Å². The van der Waals surface area contributed by atoms with Gasteiger partial charge in [-0.15, -0.1) is 0 Å². The van der Waals surface area contributed by atoms with Crippen LogP contribution in [0.4, 0.5) is 0 Å². The molecule has 0 aromatic heterocycles. The molecule has 4 nitrogen and oxygen atoms in total. The molecule has 0 saturated carbocycles. The number of aliphatic hydroxyl groups is 1. The lowest BCUT2D eigenvalue weighted by Crippen LogP contribution is -2.46. The zero-order chi connectivity index (χ0) is 12.1. The molecule has 0 saturated heterocycles. The molecule has 0 bridgehead atoms. The van der Waals surface area contributed by atoms with Gasteiger partial charge in [-0.3, -0.25) is 4.79 Å². The maximum Gasteiger partial charge on any atom is 0.307 e. The van der Waals surface area contributed by atoms with Crippen LogP contribution in [0.1, 0.15) is 20.8 Å². The Bertz CT molecular complexity index is 209. The number of carboxylic acids is 1. The Balaban J connectivity index is 3.99. The summed E-state index contributed by atoms with van der Waals surface area (Å²) in [6.07, 6.45) is 1.93. The van der Waals surface area contributed by atoms with Gasteiger partial charge >= 0.3 is 5.97 Å². The first kappa shape index (κ1) is 14.7. The Morgan fingerprint density at radius 2 is 2.07 bits per heavy atom. The molecule has 0 amide bonds. The number of aliphatic carboxylic acids is 1. The van der Waals surface area contributed by atoms with Gasteiger partial charge in [-0.05, 0) is 20.1 Å². The van der Waals surface area contributed by atoms with E-state index in [0.29, 0.717) is 12.3 Å². The molecule has 0 radical (unpaired) electrons. The predicted octanol–water partition coefficient (Wildman–Crippen LogP) is 0.799. The van der Waals surface area contributed by atoms with Crippen LogP contribution in [-0.4, -0.2) is 46.4 Å². The summed E-state index contributed by atoms with van der Waals surface area (Å²) in [5, 5.41) is 21.7. The zero-order valence-electron chi connectivity index (χ0n) is 9.78. The lowest BCUT2D eigenvalue weighted by atomic mass is 10.0. The molecule has 3 unspecified atom stereocenters. The van der Waals surface area contributed by atoms with E-state index in [1.165, 1.54) is 0 Å². The van der Waals surface area contributed by atoms with Crippen LogP contribution in [0.25, 0.3) is 0 Å². The summed E-state index contributed by atoms with van der Waals surface area (Å²) < 4.78 is 0. The summed E-state index contributed by atoms with van der Waals surface area (Å²) in [7, 11) is 0. The van der Waals surface area contributed by atoms with E-state index >= 15 is 0 Å². The molecular formula is C10H21NO3S. The normalized spacial score (nSPS) is 19.3. The van der Waals surface area contributed by atoms with Gasteiger partial charge in [-0.25, -0.2) is 0 Å². The molecule has 0 aliphatic rings. The van der Waals surface area contributed by atoms with E-state index in [1.54, 1.807) is 25.6 Å². The van der Waals surface area contributed by atoms with Crippen LogP contribution in [0, 0.1) is 5.92 Å². The smallest absolute Gasteiger partial charge is 0.307 e. The van der Waals surface area contributed by atoms with Gasteiger partial charge < -0.3 is 15.5 Å². The largest absolute Gasteiger partial charge is 0.481 e. The minimum atomic E-state index is -0.820. The third-order valence-corrected chi connectivity index (χ3v) is 3.31. The fourth-order valence-corrected chi connectivity index (χ4v) is 1.86. The standard InChI is InChI=1S/C10H21NO3S/c1-7(9(12)13)8(2)11-5-10(3,14)6-15-4/h7-8,11,14H,5-6H2,1-4H3,(H,12,13). The highest BCUT2D eigenvalue weighted by atomic mass is 32.2. The summed E-state index contributed by atoms with van der Waals surface area (Å²) >= 11 is 1.57. The van der Waals surface area contributed by atoms with Crippen LogP contribution in [0.2, 0.25) is 0 Å². The molecule has 0 aromatic rings. The molecule has 15 heavy (non-hydrogen) atoms. The summed E-state index contributed by atoms with van der Waals surface area (Å²) in [6.45, 7) is 5.62. The summed E-state index contributed by atoms with van der Waals surface area (Å²) in [6, 6.07) is -0.143. The second-order valence-electron chi connectivity index (χ2n) is 4.23. The minimum Gasteiger partial charge on any atom is -0.481 e. The maximum absolute atomic E-state index is 10.7. The quantitative estimate of drug-likeness (QED) is 0.609. The first-order valence-electron chi connectivity index (χ1n) is 4.97. The van der Waals surface area contributed by atoms with Crippen molar-refractivity contribution in [3.05, 3.63) is 0 Å². The van der Waals surface area contributed by atoms with Crippen molar-refractivity contribution in [1.29, 1.82) is 0 Å². The first-order chi connectivity index (χ1) is 6.80. The van der Waals surface area contributed by atoms with Crippen LogP contribution in [0.5, 0.6) is 0 Å². The molecule has 0 aliphatic carbocycles. The van der Waals surface area contributed by atoms with E-state index in [9.17, 15) is 9.90 Å². The van der Waals surface area contributed by atoms with E-state index < -0.39 is 17.5 Å². The van der Waals surface area contributed by atoms with Crippen molar-refractivity contribution >= 4 is 17.7 Å². The van der Waals surface area contributed by atoms with Crippen LogP contribution < -0.4 is 5.32 Å². The average molecular weight is 235 g/mol. The van der Waals surface area contributed by atoms with Crippen molar-refractivity contribution in [2.24, 2.45) is 5.92 Å². The maximum atomic E-state index is 10.7. The van der Waals surface area contributed by atoms with Gasteiger partial charge in [0.05, 0.1) is 11.5 Å². The highest BCUT2D eigenvalue weighted by Crippen LogP contribution is 2.10. The average Bonchev–Trinajstić information content (AvgIpc) is 2.13. The second kappa shape index (κ2) is 6.35. The van der Waals surface area contributed by atoms with Crippen molar-refractivity contribution in [2.45, 2.75) is 32.4 Å². The van der Waals surface area contributed by atoms with Crippen LogP contribution in [0.15, 0.2) is 0 Å². The molecule has 90 valence electrons. The minimum absolute atomic E-state index is 0.143. The Morgan fingerprint density at radius 1 is 1.53 bits per heavy atom. The monoisotopic (exact) mass is 235 g/mol. The van der Waals surface area contributed by atoms with Crippen LogP contribution in [0.3, 0.4) is 0 Å². The highest BCUT2D eigenvalue weighted by Gasteiger charge is 2.24.